The zero-order valence-electron chi connectivity index (χ0n) is 29.4. The van der Waals surface area contributed by atoms with Crippen LogP contribution in [0.4, 0.5) is 18.4 Å². The number of piperazine rings is 1. The Labute approximate surface area is 310 Å². The number of hydrogen-bond acceptors (Lipinski definition) is 7. The molecule has 1 saturated heterocycles. The lowest BCUT2D eigenvalue weighted by molar-refractivity contribution is -0.129. The van der Waals surface area contributed by atoms with E-state index in [2.05, 4.69) is 4.98 Å². The predicted octanol–water partition coefficient (Wildman–Crippen LogP) is 6.42. The van der Waals surface area contributed by atoms with Crippen molar-refractivity contribution in [2.45, 2.75) is 63.7 Å². The number of hydrogen-bond donors (Lipinski definition) is 2. The van der Waals surface area contributed by atoms with Gasteiger partial charge in [0.1, 0.15) is 17.4 Å². The number of halogens is 3. The zero-order chi connectivity index (χ0) is 37.8. The number of benzene rings is 2. The molecule has 3 heterocycles. The maximum Gasteiger partial charge on any atom is 0.408 e. The standard InChI is InChI=1S/C38H41ClF2N4O8/c1-22-25(13-14-42-35(22)53-17-16-51-2)19-44(26-9-10-26)36(46)32-28(18-27-20-43(37(47)48)21-31(32)45(27)38(49)50)24-7-5-23(6-8-24)4-3-15-52-34-30(41)12-11-29(40)33(34)39/h5-8,11-14,26-27,31H,3-4,9-10,15-21H2,1-2H3,(H,47,48)(H,49,50)/t27?,31-/m1/s1. The maximum absolute atomic E-state index is 14.9. The molecule has 2 fully saturated rings. The molecule has 1 saturated carbocycles. The van der Waals surface area contributed by atoms with Gasteiger partial charge in [-0.05, 0) is 79.5 Å². The van der Waals surface area contributed by atoms with Gasteiger partial charge in [-0.15, -0.1) is 0 Å². The van der Waals surface area contributed by atoms with Crippen molar-refractivity contribution >= 4 is 35.3 Å². The van der Waals surface area contributed by atoms with E-state index >= 15 is 0 Å². The number of pyridine rings is 1. The first-order valence-electron chi connectivity index (χ1n) is 17.4. The number of ether oxygens (including phenoxy) is 3. The summed E-state index contributed by atoms with van der Waals surface area (Å²) in [6.07, 6.45) is 1.96. The minimum atomic E-state index is -1.22. The highest BCUT2D eigenvalue weighted by molar-refractivity contribution is 6.32. The summed E-state index contributed by atoms with van der Waals surface area (Å²) >= 11 is 5.87. The molecular weight excluding hydrogens is 714 g/mol. The highest BCUT2D eigenvalue weighted by Gasteiger charge is 2.49. The molecule has 2 atom stereocenters. The number of nitrogens with zero attached hydrogens (tertiary/aromatic N) is 4. The molecule has 3 aromatic rings. The summed E-state index contributed by atoms with van der Waals surface area (Å²) in [6, 6.07) is 9.49. The highest BCUT2D eigenvalue weighted by atomic mass is 35.5. The third-order valence-corrected chi connectivity index (χ3v) is 10.3. The van der Waals surface area contributed by atoms with Crippen LogP contribution in [0, 0.1) is 18.6 Å². The molecule has 2 N–H and O–H groups in total. The lowest BCUT2D eigenvalue weighted by Gasteiger charge is -2.49. The van der Waals surface area contributed by atoms with Crippen LogP contribution in [0.2, 0.25) is 5.02 Å². The van der Waals surface area contributed by atoms with E-state index in [4.69, 9.17) is 25.8 Å². The van der Waals surface area contributed by atoms with Crippen LogP contribution in [0.1, 0.15) is 47.9 Å². The van der Waals surface area contributed by atoms with Crippen LogP contribution in [-0.2, 0) is 22.5 Å². The van der Waals surface area contributed by atoms with E-state index < -0.39 is 40.9 Å². The molecule has 0 radical (unpaired) electrons. The van der Waals surface area contributed by atoms with Crippen LogP contribution in [0.3, 0.4) is 0 Å². The highest BCUT2D eigenvalue weighted by Crippen LogP contribution is 2.41. The molecule has 2 bridgehead atoms. The Bertz CT molecular complexity index is 1890. The van der Waals surface area contributed by atoms with E-state index in [1.165, 1.54) is 9.80 Å². The number of amides is 3. The van der Waals surface area contributed by atoms with E-state index in [0.29, 0.717) is 37.5 Å². The zero-order valence-corrected chi connectivity index (χ0v) is 30.2. The van der Waals surface area contributed by atoms with Crippen LogP contribution >= 0.6 is 11.6 Å². The Kier molecular flexibility index (Phi) is 11.7. The largest absolute Gasteiger partial charge is 0.489 e. The van der Waals surface area contributed by atoms with Crippen molar-refractivity contribution in [1.29, 1.82) is 0 Å². The van der Waals surface area contributed by atoms with Gasteiger partial charge in [0.2, 0.25) is 5.88 Å². The Morgan fingerprint density at radius 2 is 1.70 bits per heavy atom. The van der Waals surface area contributed by atoms with Crippen LogP contribution in [-0.4, -0.2) is 106 Å². The summed E-state index contributed by atoms with van der Waals surface area (Å²) in [5, 5.41) is 19.9. The van der Waals surface area contributed by atoms with Crippen molar-refractivity contribution in [3.63, 3.8) is 0 Å². The fourth-order valence-electron chi connectivity index (χ4n) is 7.05. The average molecular weight is 755 g/mol. The molecule has 1 aromatic heterocycles. The van der Waals surface area contributed by atoms with Gasteiger partial charge in [0, 0.05) is 50.1 Å². The summed E-state index contributed by atoms with van der Waals surface area (Å²) in [4.78, 5) is 48.3. The fraction of sp³-hybridized carbons (Fsp3) is 0.421. The van der Waals surface area contributed by atoms with E-state index in [9.17, 15) is 33.4 Å². The van der Waals surface area contributed by atoms with Crippen molar-refractivity contribution in [3.8, 4) is 11.6 Å². The topological polar surface area (TPSA) is 142 Å². The molecule has 0 spiro atoms. The number of rotatable bonds is 14. The Morgan fingerprint density at radius 1 is 0.962 bits per heavy atom. The van der Waals surface area contributed by atoms with Gasteiger partial charge in [-0.3, -0.25) is 9.69 Å². The summed E-state index contributed by atoms with van der Waals surface area (Å²) in [5.74, 6) is -1.77. The maximum atomic E-state index is 14.9. The summed E-state index contributed by atoms with van der Waals surface area (Å²) in [6.45, 7) is 2.68. The third-order valence-electron chi connectivity index (χ3n) is 9.92. The van der Waals surface area contributed by atoms with Gasteiger partial charge < -0.3 is 34.2 Å². The van der Waals surface area contributed by atoms with E-state index in [0.717, 1.165) is 47.2 Å². The molecule has 3 aliphatic rings. The Balaban J connectivity index is 1.29. The van der Waals surface area contributed by atoms with Gasteiger partial charge in [0.15, 0.2) is 11.6 Å². The molecule has 2 aliphatic heterocycles. The normalized spacial score (nSPS) is 18.2. The molecule has 12 nitrogen and oxygen atoms in total. The van der Waals surface area contributed by atoms with Crippen molar-refractivity contribution in [2.24, 2.45) is 0 Å². The van der Waals surface area contributed by atoms with Gasteiger partial charge in [-0.2, -0.15) is 0 Å². The monoisotopic (exact) mass is 754 g/mol. The van der Waals surface area contributed by atoms with Gasteiger partial charge in [-0.25, -0.2) is 23.4 Å². The molecule has 2 aromatic carbocycles. The number of carboxylic acid groups (broad SMARTS) is 2. The van der Waals surface area contributed by atoms with Gasteiger partial charge >= 0.3 is 12.2 Å². The fourth-order valence-corrected chi connectivity index (χ4v) is 7.25. The first-order valence-corrected chi connectivity index (χ1v) is 17.8. The first kappa shape index (κ1) is 37.8. The van der Waals surface area contributed by atoms with E-state index in [-0.39, 0.29) is 55.9 Å². The lowest BCUT2D eigenvalue weighted by atomic mass is 9.81. The molecule has 1 aliphatic carbocycles. The lowest BCUT2D eigenvalue weighted by Crippen LogP contribution is -2.65. The Hall–Kier alpha value is -4.95. The van der Waals surface area contributed by atoms with Crippen LogP contribution in [0.25, 0.3) is 5.57 Å². The molecule has 15 heteroatoms. The minimum absolute atomic E-state index is 0.0223. The number of aryl methyl sites for hydroxylation is 1. The van der Waals surface area contributed by atoms with Crippen molar-refractivity contribution < 1.29 is 47.6 Å². The molecule has 282 valence electrons. The number of aromatic nitrogens is 1. The number of methoxy groups -OCH3 is 1. The second-order valence-electron chi connectivity index (χ2n) is 13.4. The molecule has 1 unspecified atom stereocenters. The van der Waals surface area contributed by atoms with Crippen molar-refractivity contribution in [3.05, 3.63) is 93.1 Å². The van der Waals surface area contributed by atoms with Gasteiger partial charge in [0.05, 0.1) is 25.3 Å². The third kappa shape index (κ3) is 8.33. The van der Waals surface area contributed by atoms with Crippen molar-refractivity contribution in [2.75, 3.05) is 40.0 Å². The second kappa shape index (κ2) is 16.4. The molecule has 6 rings (SSSR count). The summed E-state index contributed by atoms with van der Waals surface area (Å²) < 4.78 is 44.2. The van der Waals surface area contributed by atoms with E-state index in [1.54, 1.807) is 18.2 Å². The number of carbonyl (C=O) groups excluding carboxylic acids is 1. The summed E-state index contributed by atoms with van der Waals surface area (Å²) in [5.41, 5.74) is 4.19. The van der Waals surface area contributed by atoms with Gasteiger partial charge in [-0.1, -0.05) is 35.9 Å². The second-order valence-corrected chi connectivity index (χ2v) is 13.7. The SMILES string of the molecule is COCCOc1nccc(CN(C(=O)C2=C(c3ccc(CCCOc4c(F)ccc(F)c4Cl)cc3)CC3CN(C(=O)O)C[C@H]2N3C(=O)O)C2CC2)c1C. The molecule has 3 amide bonds. The number of carbonyl (C=O) groups is 3. The average Bonchev–Trinajstić information content (AvgIpc) is 3.98. The Morgan fingerprint density at radius 3 is 2.38 bits per heavy atom. The summed E-state index contributed by atoms with van der Waals surface area (Å²) in [7, 11) is 1.58. The smallest absolute Gasteiger partial charge is 0.408 e. The van der Waals surface area contributed by atoms with Crippen LogP contribution in [0.5, 0.6) is 11.6 Å². The molecular formula is C38H41ClF2N4O8. The minimum Gasteiger partial charge on any atom is -0.489 e. The molecule has 53 heavy (non-hydrogen) atoms. The van der Waals surface area contributed by atoms with Crippen LogP contribution in [0.15, 0.2) is 54.2 Å². The quantitative estimate of drug-likeness (QED) is 0.141. The first-order chi connectivity index (χ1) is 25.5. The van der Waals surface area contributed by atoms with Gasteiger partial charge in [0.25, 0.3) is 5.91 Å². The predicted molar refractivity (Wildman–Crippen MR) is 190 cm³/mol. The van der Waals surface area contributed by atoms with Crippen molar-refractivity contribution in [1.82, 2.24) is 19.7 Å². The number of fused-ring (bicyclic) bond motifs is 2. The van der Waals surface area contributed by atoms with E-state index in [1.807, 2.05) is 37.3 Å². The van der Waals surface area contributed by atoms with Crippen LogP contribution < -0.4 is 9.47 Å².